The van der Waals surface area contributed by atoms with Gasteiger partial charge in [0.1, 0.15) is 5.75 Å². The molecule has 2 rings (SSSR count). The molecule has 2 aromatic carbocycles. The fraction of sp³-hybridized carbons (Fsp3) is 0.400. The predicted molar refractivity (Wildman–Crippen MR) is 116 cm³/mol. The second-order valence-electron chi connectivity index (χ2n) is 7.64. The van der Waals surface area contributed by atoms with Crippen LogP contribution in [-0.4, -0.2) is 15.9 Å². The van der Waals surface area contributed by atoms with Gasteiger partial charge in [0, 0.05) is 19.5 Å². The molecule has 0 heterocycles. The third kappa shape index (κ3) is 8.87. The number of hydrogen-bond acceptors (Lipinski definition) is 2. The Labute approximate surface area is 182 Å². The van der Waals surface area contributed by atoms with Crippen molar-refractivity contribution in [2.24, 2.45) is 0 Å². The Hall–Kier alpha value is -2.76. The number of benzene rings is 2. The number of amides is 1. The van der Waals surface area contributed by atoms with E-state index in [9.17, 15) is 23.1 Å². The first-order chi connectivity index (χ1) is 14.8. The molecule has 1 N–H and O–H groups in total. The molecule has 0 spiro atoms. The van der Waals surface area contributed by atoms with E-state index in [2.05, 4.69) is 6.92 Å². The van der Waals surface area contributed by atoms with E-state index < -0.39 is 11.7 Å². The van der Waals surface area contributed by atoms with Crippen LogP contribution in [0.4, 0.5) is 13.2 Å². The highest BCUT2D eigenvalue weighted by Gasteiger charge is 2.30. The number of phenolic OH excluding ortho intramolecular Hbond substituents is 1. The van der Waals surface area contributed by atoms with Gasteiger partial charge in [-0.05, 0) is 48.2 Å². The summed E-state index contributed by atoms with van der Waals surface area (Å²) in [5.41, 5.74) is 0.754. The van der Waals surface area contributed by atoms with Gasteiger partial charge < -0.3 is 10.0 Å². The lowest BCUT2D eigenvalue weighted by atomic mass is 10.1. The minimum absolute atomic E-state index is 0.0993. The molecule has 0 saturated heterocycles. The van der Waals surface area contributed by atoms with E-state index in [1.807, 2.05) is 12.2 Å². The highest BCUT2D eigenvalue weighted by atomic mass is 19.4. The zero-order chi connectivity index (χ0) is 22.7. The number of allylic oxidation sites excluding steroid dienone is 1. The highest BCUT2D eigenvalue weighted by Crippen LogP contribution is 2.29. The first-order valence-corrected chi connectivity index (χ1v) is 10.7. The zero-order valence-electron chi connectivity index (χ0n) is 17.9. The largest absolute Gasteiger partial charge is 0.508 e. The smallest absolute Gasteiger partial charge is 0.416 e. The average Bonchev–Trinajstić information content (AvgIpc) is 2.74. The van der Waals surface area contributed by atoms with Crippen LogP contribution < -0.4 is 0 Å². The van der Waals surface area contributed by atoms with Gasteiger partial charge in [-0.2, -0.15) is 13.2 Å². The zero-order valence-corrected chi connectivity index (χ0v) is 17.9. The molecule has 0 radical (unpaired) electrons. The van der Waals surface area contributed by atoms with Crippen molar-refractivity contribution < 1.29 is 23.1 Å². The molecule has 2 aromatic rings. The number of nitrogens with zero attached hydrogens (tertiary/aromatic N) is 1. The van der Waals surface area contributed by atoms with E-state index in [4.69, 9.17) is 0 Å². The molecule has 0 aliphatic rings. The SMILES string of the molecule is CCCCCCC=CCC(=O)N(Cc1ccc(O)cc1)Cc1ccc(C(F)(F)F)cc1. The Kier molecular flexibility index (Phi) is 9.63. The monoisotopic (exact) mass is 433 g/mol. The van der Waals surface area contributed by atoms with Crippen LogP contribution in [0.3, 0.4) is 0 Å². The van der Waals surface area contributed by atoms with Crippen molar-refractivity contribution >= 4 is 5.91 Å². The molecule has 0 bridgehead atoms. The number of unbranched alkanes of at least 4 members (excludes halogenated alkanes) is 4. The molecule has 31 heavy (non-hydrogen) atoms. The highest BCUT2D eigenvalue weighted by molar-refractivity contribution is 5.77. The van der Waals surface area contributed by atoms with Gasteiger partial charge in [-0.15, -0.1) is 0 Å². The van der Waals surface area contributed by atoms with E-state index in [1.165, 1.54) is 31.4 Å². The van der Waals surface area contributed by atoms with Crippen molar-refractivity contribution in [3.05, 3.63) is 77.4 Å². The Balaban J connectivity index is 2.04. The van der Waals surface area contributed by atoms with Crippen molar-refractivity contribution in [1.29, 1.82) is 0 Å². The van der Waals surface area contributed by atoms with Gasteiger partial charge in [-0.25, -0.2) is 0 Å². The first-order valence-electron chi connectivity index (χ1n) is 10.7. The van der Waals surface area contributed by atoms with Crippen LogP contribution in [0.1, 0.15) is 62.1 Å². The fourth-order valence-corrected chi connectivity index (χ4v) is 3.19. The van der Waals surface area contributed by atoms with E-state index >= 15 is 0 Å². The molecule has 6 heteroatoms. The third-order valence-electron chi connectivity index (χ3n) is 5.00. The van der Waals surface area contributed by atoms with Crippen molar-refractivity contribution in [3.63, 3.8) is 0 Å². The number of hydrogen-bond donors (Lipinski definition) is 1. The van der Waals surface area contributed by atoms with Crippen LogP contribution in [0, 0.1) is 0 Å². The molecule has 168 valence electrons. The Bertz CT molecular complexity index is 827. The van der Waals surface area contributed by atoms with Gasteiger partial charge in [-0.1, -0.05) is 62.6 Å². The second-order valence-corrected chi connectivity index (χ2v) is 7.64. The van der Waals surface area contributed by atoms with E-state index in [-0.39, 0.29) is 24.6 Å². The minimum atomic E-state index is -4.39. The van der Waals surface area contributed by atoms with Gasteiger partial charge >= 0.3 is 6.18 Å². The molecule has 0 aliphatic heterocycles. The standard InChI is InChI=1S/C25H30F3NO2/c1-2-3-4-5-6-7-8-9-24(31)29(19-21-12-16-23(30)17-13-21)18-20-10-14-22(15-11-20)25(26,27)28/h7-8,10-17,30H,2-6,9,18-19H2,1H3. The maximum atomic E-state index is 12.8. The summed E-state index contributed by atoms with van der Waals surface area (Å²) in [5.74, 6) is 0.0353. The van der Waals surface area contributed by atoms with Crippen LogP contribution in [0.2, 0.25) is 0 Å². The predicted octanol–water partition coefficient (Wildman–Crippen LogP) is 6.86. The molecular weight excluding hydrogens is 403 g/mol. The molecule has 0 saturated carbocycles. The maximum absolute atomic E-state index is 12.8. The molecule has 0 fully saturated rings. The Morgan fingerprint density at radius 2 is 1.48 bits per heavy atom. The van der Waals surface area contributed by atoms with Crippen LogP contribution >= 0.6 is 0 Å². The summed E-state index contributed by atoms with van der Waals surface area (Å²) in [6.07, 6.45) is 5.34. The summed E-state index contributed by atoms with van der Waals surface area (Å²) in [6, 6.07) is 11.4. The topological polar surface area (TPSA) is 40.5 Å². The molecule has 0 aromatic heterocycles. The quantitative estimate of drug-likeness (QED) is 0.311. The summed E-state index contributed by atoms with van der Waals surface area (Å²) in [6.45, 7) is 2.68. The molecular formula is C25H30F3NO2. The minimum Gasteiger partial charge on any atom is -0.508 e. The van der Waals surface area contributed by atoms with E-state index in [0.717, 1.165) is 30.5 Å². The number of aromatic hydroxyl groups is 1. The van der Waals surface area contributed by atoms with Crippen molar-refractivity contribution in [3.8, 4) is 5.75 Å². The van der Waals surface area contributed by atoms with Crippen molar-refractivity contribution in [1.82, 2.24) is 4.90 Å². The molecule has 0 aliphatic carbocycles. The normalized spacial score (nSPS) is 11.7. The van der Waals surface area contributed by atoms with Crippen LogP contribution in [0.5, 0.6) is 5.75 Å². The number of carbonyl (C=O) groups is 1. The van der Waals surface area contributed by atoms with Gasteiger partial charge in [0.25, 0.3) is 0 Å². The first kappa shape index (κ1) is 24.5. The lowest BCUT2D eigenvalue weighted by molar-refractivity contribution is -0.137. The van der Waals surface area contributed by atoms with Crippen LogP contribution in [0.15, 0.2) is 60.7 Å². The molecule has 3 nitrogen and oxygen atoms in total. The lowest BCUT2D eigenvalue weighted by Crippen LogP contribution is -2.29. The molecule has 0 unspecified atom stereocenters. The summed E-state index contributed by atoms with van der Waals surface area (Å²) < 4.78 is 38.4. The lowest BCUT2D eigenvalue weighted by Gasteiger charge is -2.23. The van der Waals surface area contributed by atoms with Gasteiger partial charge in [0.15, 0.2) is 0 Å². The summed E-state index contributed by atoms with van der Waals surface area (Å²) in [4.78, 5) is 14.4. The van der Waals surface area contributed by atoms with Gasteiger partial charge in [0.2, 0.25) is 5.91 Å². The number of carbonyl (C=O) groups excluding carboxylic acids is 1. The number of halogens is 3. The third-order valence-corrected chi connectivity index (χ3v) is 5.00. The summed E-state index contributed by atoms with van der Waals surface area (Å²) in [7, 11) is 0. The fourth-order valence-electron chi connectivity index (χ4n) is 3.19. The number of alkyl halides is 3. The maximum Gasteiger partial charge on any atom is 0.416 e. The Morgan fingerprint density at radius 1 is 0.903 bits per heavy atom. The molecule has 1 amide bonds. The molecule has 0 atom stereocenters. The van der Waals surface area contributed by atoms with Crippen LogP contribution in [-0.2, 0) is 24.1 Å². The summed E-state index contributed by atoms with van der Waals surface area (Å²) >= 11 is 0. The summed E-state index contributed by atoms with van der Waals surface area (Å²) in [5, 5.41) is 9.47. The number of phenols is 1. The van der Waals surface area contributed by atoms with E-state index in [1.54, 1.807) is 29.2 Å². The Morgan fingerprint density at radius 3 is 2.03 bits per heavy atom. The van der Waals surface area contributed by atoms with Crippen LogP contribution in [0.25, 0.3) is 0 Å². The number of rotatable bonds is 11. The van der Waals surface area contributed by atoms with Crippen molar-refractivity contribution in [2.45, 2.75) is 64.7 Å². The second kappa shape index (κ2) is 12.2. The van der Waals surface area contributed by atoms with Gasteiger partial charge in [-0.3, -0.25) is 4.79 Å². The van der Waals surface area contributed by atoms with E-state index in [0.29, 0.717) is 12.1 Å². The van der Waals surface area contributed by atoms with Gasteiger partial charge in [0.05, 0.1) is 5.56 Å². The average molecular weight is 434 g/mol. The van der Waals surface area contributed by atoms with Crippen molar-refractivity contribution in [2.75, 3.05) is 0 Å².